The average molecular weight is 1330 g/mol. The number of ketones is 2. The zero-order valence-corrected chi connectivity index (χ0v) is 58.5. The highest BCUT2D eigenvalue weighted by atomic mass is 16.5. The summed E-state index contributed by atoms with van der Waals surface area (Å²) < 4.78 is 8.83. The van der Waals surface area contributed by atoms with Gasteiger partial charge in [-0.2, -0.15) is 9.97 Å². The lowest BCUT2D eigenvalue weighted by Crippen LogP contribution is -2.22. The number of aliphatic carboxylic acids is 1. The molecule has 0 aromatic carbocycles. The number of nitrogens with one attached hydrogen (secondary N) is 2. The van der Waals surface area contributed by atoms with Crippen LogP contribution in [0.2, 0.25) is 0 Å². The molecule has 2 fully saturated rings. The Bertz CT molecular complexity index is 2950. The Morgan fingerprint density at radius 3 is 1.11 bits per heavy atom. The number of aliphatic hydroxyl groups is 3. The quantitative estimate of drug-likeness (QED) is 0.0116. The number of carbonyl (C=O) groups excluding carboxylic acids is 3. The number of esters is 1. The van der Waals surface area contributed by atoms with Crippen molar-refractivity contribution in [2.45, 2.75) is 333 Å². The van der Waals surface area contributed by atoms with Gasteiger partial charge in [-0.1, -0.05) is 232 Å². The SMILES string of the molecule is C=C1[C@H](CO)[C@@H](O)C[C@@H]1n1cnc2c(=O)[nH]c(N)nc21.C=C1[C@H](COC(=O)CCCCC(=O)CCCCCCCCCCCCCCCCCCC)[C@@H](O)C[C@@H]1n1cnc2c(=O)[nH]c(N)nc21.CCCCCCCCCCCCCCCCCCCC(=O)CCCCC(=O)O. The number of carboxylic acid groups (broad SMARTS) is 1. The minimum Gasteiger partial charge on any atom is -0.481 e. The number of fused-ring (bicyclic) bond motifs is 2. The van der Waals surface area contributed by atoms with Crippen LogP contribution in [-0.2, 0) is 23.9 Å². The summed E-state index contributed by atoms with van der Waals surface area (Å²) in [6.07, 6.45) is 53.3. The lowest BCUT2D eigenvalue weighted by atomic mass is 10.0. The molecule has 0 bridgehead atoms. The second-order valence-corrected chi connectivity index (χ2v) is 27.1. The summed E-state index contributed by atoms with van der Waals surface area (Å²) in [5, 5.41) is 38.5. The molecule has 4 aromatic rings. The van der Waals surface area contributed by atoms with Crippen molar-refractivity contribution in [3.05, 3.63) is 57.7 Å². The Balaban J connectivity index is 0.000000337. The van der Waals surface area contributed by atoms with Crippen LogP contribution in [0, 0.1) is 11.8 Å². The molecular formula is C74H124N10O11. The summed E-state index contributed by atoms with van der Waals surface area (Å²) in [7, 11) is 0. The predicted octanol–water partition coefficient (Wildman–Crippen LogP) is 15.3. The molecule has 2 aliphatic carbocycles. The molecule has 21 heteroatoms. The number of aromatic amines is 2. The number of rotatable bonds is 51. The third-order valence-electron chi connectivity index (χ3n) is 19.2. The van der Waals surface area contributed by atoms with Crippen LogP contribution in [0.15, 0.2) is 46.5 Å². The standard InChI is InChI=1S/C37H61N5O5.C25H48O3.C12H15N5O3/c1-3-4-5-6-7-8-9-10-11-12-13-14-15-16-17-18-19-22-29(43)23-20-21-24-33(45)47-26-30-28(2)31(25-32(30)44)42-27-39-34-35(42)40-37(38)41-36(34)46;1-2-3-4-5-6-7-8-9-10-11-12-13-14-15-16-17-18-21-24(26)22-19-20-23-25(27)28;1-5-6(3-18)8(19)2-7(5)17-4-14-9-10(17)15-12(13)16-11(9)20/h27,30-32,44H,2-26H2,1H3,(H3,38,40,41,46);2-23H2,1H3,(H,27,28);4,6-8,18-19H,1-3H2,(H3,13,15,16,20)/t30-,31-,32-;;6-,7-,8-/m0.0/s1. The van der Waals surface area contributed by atoms with E-state index in [4.69, 9.17) is 21.3 Å². The van der Waals surface area contributed by atoms with Crippen molar-refractivity contribution in [3.8, 4) is 0 Å². The lowest BCUT2D eigenvalue weighted by Gasteiger charge is -2.17. The van der Waals surface area contributed by atoms with Crippen LogP contribution >= 0.6 is 0 Å². The molecule has 0 spiro atoms. The Morgan fingerprint density at radius 1 is 0.484 bits per heavy atom. The van der Waals surface area contributed by atoms with E-state index in [2.05, 4.69) is 56.9 Å². The topological polar surface area (TPSA) is 338 Å². The van der Waals surface area contributed by atoms with Gasteiger partial charge in [0.2, 0.25) is 11.9 Å². The molecule has 2 aliphatic rings. The van der Waals surface area contributed by atoms with Crippen molar-refractivity contribution in [2.24, 2.45) is 11.8 Å². The zero-order valence-electron chi connectivity index (χ0n) is 58.5. The van der Waals surface area contributed by atoms with Gasteiger partial charge in [-0.15, -0.1) is 0 Å². The summed E-state index contributed by atoms with van der Waals surface area (Å²) in [5.41, 5.74) is 12.8. The number of hydrogen-bond acceptors (Lipinski definition) is 16. The van der Waals surface area contributed by atoms with Crippen molar-refractivity contribution in [2.75, 3.05) is 24.7 Å². The van der Waals surface area contributed by atoms with Crippen molar-refractivity contribution < 1.29 is 44.3 Å². The van der Waals surface area contributed by atoms with E-state index in [1.54, 1.807) is 9.13 Å². The molecule has 10 N–H and O–H groups in total. The first-order valence-electron chi connectivity index (χ1n) is 37.2. The van der Waals surface area contributed by atoms with Crippen molar-refractivity contribution in [3.63, 3.8) is 0 Å². The molecule has 0 aliphatic heterocycles. The number of Topliss-reactive ketones (excluding diaryl/α,β-unsaturated/α-hetero) is 2. The second kappa shape index (κ2) is 48.6. The van der Waals surface area contributed by atoms with E-state index in [0.717, 1.165) is 25.7 Å². The van der Waals surface area contributed by atoms with E-state index in [0.29, 0.717) is 86.0 Å². The maximum Gasteiger partial charge on any atom is 0.305 e. The monoisotopic (exact) mass is 1330 g/mol. The fraction of sp³-hybridized carbons (Fsp3) is 0.757. The highest BCUT2D eigenvalue weighted by molar-refractivity contribution is 5.79. The number of H-pyrrole nitrogens is 2. The van der Waals surface area contributed by atoms with E-state index in [-0.39, 0.29) is 78.7 Å². The van der Waals surface area contributed by atoms with Gasteiger partial charge in [-0.25, -0.2) is 9.97 Å². The fourth-order valence-electron chi connectivity index (χ4n) is 13.2. The number of aromatic nitrogens is 8. The van der Waals surface area contributed by atoms with Gasteiger partial charge in [0.25, 0.3) is 11.1 Å². The lowest BCUT2D eigenvalue weighted by molar-refractivity contribution is -0.145. The summed E-state index contributed by atoms with van der Waals surface area (Å²) >= 11 is 0. The van der Waals surface area contributed by atoms with E-state index < -0.39 is 35.2 Å². The molecular weight excluding hydrogens is 1200 g/mol. The maximum absolute atomic E-state index is 12.4. The minimum atomic E-state index is -0.763. The molecule has 4 aromatic heterocycles. The number of hydrogen-bond donors (Lipinski definition) is 8. The first-order chi connectivity index (χ1) is 46.0. The first-order valence-corrected chi connectivity index (χ1v) is 37.2. The average Bonchev–Trinajstić information content (AvgIpc) is 1.64. The number of carbonyl (C=O) groups is 4. The molecule has 0 amide bonds. The molecule has 0 radical (unpaired) electrons. The van der Waals surface area contributed by atoms with Crippen LogP contribution in [-0.4, -0.2) is 108 Å². The van der Waals surface area contributed by atoms with Crippen LogP contribution in [0.5, 0.6) is 0 Å². The number of unbranched alkanes of at least 4 members (excludes halogenated alkanes) is 34. The van der Waals surface area contributed by atoms with Gasteiger partial charge < -0.3 is 45.8 Å². The zero-order chi connectivity index (χ0) is 69.0. The number of aliphatic hydroxyl groups excluding tert-OH is 3. The number of ether oxygens (including phenoxy) is 1. The van der Waals surface area contributed by atoms with Crippen molar-refractivity contribution in [1.82, 2.24) is 39.0 Å². The van der Waals surface area contributed by atoms with Crippen LogP contribution < -0.4 is 22.6 Å². The molecule has 2 saturated carbocycles. The summed E-state index contributed by atoms with van der Waals surface area (Å²) in [4.78, 5) is 91.9. The molecule has 0 unspecified atom stereocenters. The molecule has 6 atom stereocenters. The second-order valence-electron chi connectivity index (χ2n) is 27.1. The summed E-state index contributed by atoms with van der Waals surface area (Å²) in [5.74, 6) is -1.34. The molecule has 6 rings (SSSR count). The van der Waals surface area contributed by atoms with Gasteiger partial charge in [-0.05, 0) is 62.5 Å². The van der Waals surface area contributed by atoms with Crippen LogP contribution in [0.4, 0.5) is 11.9 Å². The predicted molar refractivity (Wildman–Crippen MR) is 380 cm³/mol. The van der Waals surface area contributed by atoms with Gasteiger partial charge >= 0.3 is 11.9 Å². The number of nitrogen functional groups attached to an aromatic ring is 2. The third-order valence-corrected chi connectivity index (χ3v) is 19.2. The van der Waals surface area contributed by atoms with Crippen LogP contribution in [0.25, 0.3) is 22.3 Å². The highest BCUT2D eigenvalue weighted by Gasteiger charge is 2.40. The van der Waals surface area contributed by atoms with E-state index in [1.165, 1.54) is 212 Å². The smallest absolute Gasteiger partial charge is 0.305 e. The Kier molecular flexibility index (Phi) is 41.6. The third kappa shape index (κ3) is 31.8. The number of nitrogens with two attached hydrogens (primary N) is 2. The van der Waals surface area contributed by atoms with Crippen LogP contribution in [0.1, 0.15) is 321 Å². The van der Waals surface area contributed by atoms with Crippen LogP contribution in [0.3, 0.4) is 0 Å². The maximum atomic E-state index is 12.4. The molecule has 95 heavy (non-hydrogen) atoms. The number of nitrogens with zero attached hydrogens (tertiary/aromatic N) is 6. The Hall–Kier alpha value is -6.06. The summed E-state index contributed by atoms with van der Waals surface area (Å²) in [6, 6.07) is -0.613. The molecule has 0 saturated heterocycles. The van der Waals surface area contributed by atoms with Crippen molar-refractivity contribution in [1.29, 1.82) is 0 Å². The van der Waals surface area contributed by atoms with E-state index >= 15 is 0 Å². The largest absolute Gasteiger partial charge is 0.481 e. The van der Waals surface area contributed by atoms with Crippen molar-refractivity contribution >= 4 is 57.7 Å². The number of anilines is 2. The first kappa shape index (κ1) is 81.4. The van der Waals surface area contributed by atoms with Gasteiger partial charge in [-0.3, -0.25) is 38.7 Å². The van der Waals surface area contributed by atoms with E-state index in [9.17, 15) is 44.1 Å². The van der Waals surface area contributed by atoms with Gasteiger partial charge in [0.1, 0.15) is 18.2 Å². The Morgan fingerprint density at radius 2 is 0.779 bits per heavy atom. The van der Waals surface area contributed by atoms with Gasteiger partial charge in [0.15, 0.2) is 22.3 Å². The molecule has 4 heterocycles. The number of carboxylic acids is 1. The highest BCUT2D eigenvalue weighted by Crippen LogP contribution is 2.41. The fourth-order valence-corrected chi connectivity index (χ4v) is 13.2. The Labute approximate surface area is 566 Å². The van der Waals surface area contributed by atoms with Gasteiger partial charge in [0, 0.05) is 50.4 Å². The normalized spacial score (nSPS) is 17.7. The molecule has 21 nitrogen and oxygen atoms in total. The summed E-state index contributed by atoms with van der Waals surface area (Å²) in [6.45, 7) is 12.5. The molecule has 536 valence electrons. The number of imidazole rings is 2. The van der Waals surface area contributed by atoms with Gasteiger partial charge in [0.05, 0.1) is 43.6 Å². The minimum absolute atomic E-state index is 0.00659. The van der Waals surface area contributed by atoms with E-state index in [1.807, 2.05) is 0 Å².